The van der Waals surface area contributed by atoms with Gasteiger partial charge in [-0.05, 0) is 26.7 Å². The minimum atomic E-state index is -0.466. The Morgan fingerprint density at radius 3 is 3.00 bits per heavy atom. The van der Waals surface area contributed by atoms with E-state index in [1.807, 2.05) is 0 Å². The van der Waals surface area contributed by atoms with Crippen molar-refractivity contribution in [3.05, 3.63) is 0 Å². The van der Waals surface area contributed by atoms with E-state index in [0.29, 0.717) is 13.2 Å². The van der Waals surface area contributed by atoms with Crippen molar-refractivity contribution in [1.82, 2.24) is 4.90 Å². The van der Waals surface area contributed by atoms with Crippen molar-refractivity contribution in [3.63, 3.8) is 0 Å². The fourth-order valence-corrected chi connectivity index (χ4v) is 1.73. The van der Waals surface area contributed by atoms with Gasteiger partial charge in [0, 0.05) is 6.54 Å². The molecule has 1 N–H and O–H groups in total. The standard InChI is InChI=1S/C9H17NO3/c1-3-13-9(12)10-6-4-5-8(10)7(2)11/h7-8,11H,3-6H2,1-2H3. The predicted molar refractivity (Wildman–Crippen MR) is 48.4 cm³/mol. The summed E-state index contributed by atoms with van der Waals surface area (Å²) in [5.74, 6) is 0. The predicted octanol–water partition coefficient (Wildman–Crippen LogP) is 0.988. The number of rotatable bonds is 2. The molecule has 1 fully saturated rings. The van der Waals surface area contributed by atoms with Crippen molar-refractivity contribution in [3.8, 4) is 0 Å². The molecule has 0 saturated carbocycles. The number of amides is 1. The molecule has 0 aromatic heterocycles. The first-order valence-corrected chi connectivity index (χ1v) is 4.78. The Morgan fingerprint density at radius 2 is 2.46 bits per heavy atom. The maximum atomic E-state index is 11.4. The molecule has 1 amide bonds. The summed E-state index contributed by atoms with van der Waals surface area (Å²) in [6.45, 7) is 4.59. The van der Waals surface area contributed by atoms with Crippen LogP contribution in [0.4, 0.5) is 4.79 Å². The van der Waals surface area contributed by atoms with E-state index in [1.165, 1.54) is 0 Å². The van der Waals surface area contributed by atoms with Crippen molar-refractivity contribution in [2.24, 2.45) is 0 Å². The molecule has 1 saturated heterocycles. The molecule has 4 heteroatoms. The van der Waals surface area contributed by atoms with E-state index < -0.39 is 6.10 Å². The number of likely N-dealkylation sites (tertiary alicyclic amines) is 1. The van der Waals surface area contributed by atoms with E-state index in [9.17, 15) is 9.90 Å². The molecule has 0 spiro atoms. The number of carbonyl (C=O) groups excluding carboxylic acids is 1. The number of hydrogen-bond donors (Lipinski definition) is 1. The summed E-state index contributed by atoms with van der Waals surface area (Å²) in [5, 5.41) is 9.39. The molecule has 0 aromatic rings. The summed E-state index contributed by atoms with van der Waals surface area (Å²) in [4.78, 5) is 13.0. The minimum absolute atomic E-state index is 0.0564. The number of nitrogens with zero attached hydrogens (tertiary/aromatic N) is 1. The second-order valence-corrected chi connectivity index (χ2v) is 3.34. The molecule has 0 bridgehead atoms. The molecule has 2 atom stereocenters. The highest BCUT2D eigenvalue weighted by atomic mass is 16.6. The van der Waals surface area contributed by atoms with Gasteiger partial charge in [-0.15, -0.1) is 0 Å². The van der Waals surface area contributed by atoms with Crippen molar-refractivity contribution in [2.75, 3.05) is 13.2 Å². The molecule has 13 heavy (non-hydrogen) atoms. The Labute approximate surface area is 78.5 Å². The van der Waals surface area contributed by atoms with Crippen LogP contribution in [-0.4, -0.2) is 41.4 Å². The van der Waals surface area contributed by atoms with Crippen LogP contribution in [-0.2, 0) is 4.74 Å². The fourth-order valence-electron chi connectivity index (χ4n) is 1.73. The van der Waals surface area contributed by atoms with Crippen LogP contribution in [0.5, 0.6) is 0 Å². The lowest BCUT2D eigenvalue weighted by molar-refractivity contribution is 0.0610. The molecule has 0 radical (unpaired) electrons. The van der Waals surface area contributed by atoms with Crippen LogP contribution in [0, 0.1) is 0 Å². The van der Waals surface area contributed by atoms with Crippen LogP contribution in [0.3, 0.4) is 0 Å². The molecule has 76 valence electrons. The van der Waals surface area contributed by atoms with Crippen LogP contribution in [0.25, 0.3) is 0 Å². The molecule has 1 heterocycles. The van der Waals surface area contributed by atoms with Gasteiger partial charge < -0.3 is 14.7 Å². The first-order valence-electron chi connectivity index (χ1n) is 4.78. The normalized spacial score (nSPS) is 24.5. The van der Waals surface area contributed by atoms with E-state index in [2.05, 4.69) is 0 Å². The highest BCUT2D eigenvalue weighted by molar-refractivity contribution is 5.68. The van der Waals surface area contributed by atoms with Gasteiger partial charge in [0.25, 0.3) is 0 Å². The summed E-state index contributed by atoms with van der Waals surface area (Å²) in [6, 6.07) is -0.0564. The summed E-state index contributed by atoms with van der Waals surface area (Å²) in [5.41, 5.74) is 0. The van der Waals surface area contributed by atoms with E-state index in [4.69, 9.17) is 4.74 Å². The van der Waals surface area contributed by atoms with Gasteiger partial charge in [0.2, 0.25) is 0 Å². The van der Waals surface area contributed by atoms with Gasteiger partial charge in [-0.3, -0.25) is 0 Å². The quantitative estimate of drug-likeness (QED) is 0.701. The first kappa shape index (κ1) is 10.3. The molecule has 0 aromatic carbocycles. The Hall–Kier alpha value is -0.770. The van der Waals surface area contributed by atoms with Gasteiger partial charge in [0.05, 0.1) is 18.8 Å². The zero-order valence-corrected chi connectivity index (χ0v) is 8.19. The fraction of sp³-hybridized carbons (Fsp3) is 0.889. The third kappa shape index (κ3) is 2.34. The largest absolute Gasteiger partial charge is 0.450 e. The molecular weight excluding hydrogens is 170 g/mol. The summed E-state index contributed by atoms with van der Waals surface area (Å²) in [7, 11) is 0. The van der Waals surface area contributed by atoms with Gasteiger partial charge in [-0.25, -0.2) is 4.79 Å². The van der Waals surface area contributed by atoms with Gasteiger partial charge in [-0.1, -0.05) is 0 Å². The van der Waals surface area contributed by atoms with Crippen molar-refractivity contribution in [1.29, 1.82) is 0 Å². The summed E-state index contributed by atoms with van der Waals surface area (Å²) >= 11 is 0. The Balaban J connectivity index is 2.52. The smallest absolute Gasteiger partial charge is 0.410 e. The second kappa shape index (κ2) is 4.46. The molecular formula is C9H17NO3. The Bertz CT molecular complexity index is 182. The number of ether oxygens (including phenoxy) is 1. The minimum Gasteiger partial charge on any atom is -0.450 e. The van der Waals surface area contributed by atoms with E-state index in [0.717, 1.165) is 12.8 Å². The van der Waals surface area contributed by atoms with Crippen LogP contribution in [0.2, 0.25) is 0 Å². The third-order valence-corrected chi connectivity index (χ3v) is 2.36. The molecule has 1 rings (SSSR count). The van der Waals surface area contributed by atoms with E-state index >= 15 is 0 Å². The molecule has 4 nitrogen and oxygen atoms in total. The maximum absolute atomic E-state index is 11.4. The first-order chi connectivity index (χ1) is 6.16. The zero-order valence-electron chi connectivity index (χ0n) is 8.19. The topological polar surface area (TPSA) is 49.8 Å². The average molecular weight is 187 g/mol. The van der Waals surface area contributed by atoms with E-state index in [-0.39, 0.29) is 12.1 Å². The average Bonchev–Trinajstić information content (AvgIpc) is 2.52. The zero-order chi connectivity index (χ0) is 9.84. The van der Waals surface area contributed by atoms with Gasteiger partial charge in [0.15, 0.2) is 0 Å². The number of aliphatic hydroxyl groups is 1. The van der Waals surface area contributed by atoms with Crippen molar-refractivity contribution < 1.29 is 14.6 Å². The monoisotopic (exact) mass is 187 g/mol. The number of aliphatic hydroxyl groups excluding tert-OH is 1. The van der Waals surface area contributed by atoms with Crippen LogP contribution in [0.15, 0.2) is 0 Å². The Morgan fingerprint density at radius 1 is 1.77 bits per heavy atom. The lowest BCUT2D eigenvalue weighted by atomic mass is 10.1. The molecule has 1 aliphatic rings. The summed E-state index contributed by atoms with van der Waals surface area (Å²) in [6.07, 6.45) is 1.06. The highest BCUT2D eigenvalue weighted by Gasteiger charge is 2.32. The number of hydrogen-bond acceptors (Lipinski definition) is 3. The molecule has 2 unspecified atom stereocenters. The van der Waals surface area contributed by atoms with Gasteiger partial charge >= 0.3 is 6.09 Å². The van der Waals surface area contributed by atoms with Crippen molar-refractivity contribution >= 4 is 6.09 Å². The third-order valence-electron chi connectivity index (χ3n) is 2.36. The van der Waals surface area contributed by atoms with Gasteiger partial charge in [0.1, 0.15) is 0 Å². The molecule has 0 aliphatic carbocycles. The second-order valence-electron chi connectivity index (χ2n) is 3.34. The van der Waals surface area contributed by atoms with Crippen LogP contribution >= 0.6 is 0 Å². The van der Waals surface area contributed by atoms with Crippen molar-refractivity contribution in [2.45, 2.75) is 38.8 Å². The van der Waals surface area contributed by atoms with Gasteiger partial charge in [-0.2, -0.15) is 0 Å². The van der Waals surface area contributed by atoms with Crippen LogP contribution < -0.4 is 0 Å². The molecule has 1 aliphatic heterocycles. The summed E-state index contributed by atoms with van der Waals surface area (Å²) < 4.78 is 4.88. The Kier molecular flexibility index (Phi) is 3.54. The lowest BCUT2D eigenvalue weighted by Gasteiger charge is -2.25. The number of carbonyl (C=O) groups is 1. The lowest BCUT2D eigenvalue weighted by Crippen LogP contribution is -2.41. The highest BCUT2D eigenvalue weighted by Crippen LogP contribution is 2.20. The SMILES string of the molecule is CCOC(=O)N1CCCC1C(C)O. The van der Waals surface area contributed by atoms with E-state index in [1.54, 1.807) is 18.7 Å². The maximum Gasteiger partial charge on any atom is 0.410 e. The van der Waals surface area contributed by atoms with Crippen LogP contribution in [0.1, 0.15) is 26.7 Å².